The van der Waals surface area contributed by atoms with Crippen LogP contribution in [0.15, 0.2) is 36.5 Å². The van der Waals surface area contributed by atoms with Crippen LogP contribution in [0.2, 0.25) is 0 Å². The minimum absolute atomic E-state index is 0.00359. The molecule has 1 aliphatic carbocycles. The number of nitrogens with zero attached hydrogens (tertiary/aromatic N) is 1. The summed E-state index contributed by atoms with van der Waals surface area (Å²) in [4.78, 5) is 23.3. The van der Waals surface area contributed by atoms with Gasteiger partial charge in [0.15, 0.2) is 0 Å². The van der Waals surface area contributed by atoms with Gasteiger partial charge in [0.1, 0.15) is 0 Å². The minimum Gasteiger partial charge on any atom is -0.347 e. The predicted octanol–water partition coefficient (Wildman–Crippen LogP) is 1.54. The Bertz CT molecular complexity index is 647. The number of H-pyrrole nitrogens is 1. The van der Waals surface area contributed by atoms with Crippen LogP contribution in [0.5, 0.6) is 0 Å². The number of benzene rings is 1. The lowest BCUT2D eigenvalue weighted by atomic mass is 10.1. The van der Waals surface area contributed by atoms with Gasteiger partial charge in [-0.2, -0.15) is 5.10 Å². The van der Waals surface area contributed by atoms with Crippen molar-refractivity contribution in [3.63, 3.8) is 0 Å². The molecule has 1 saturated carbocycles. The van der Waals surface area contributed by atoms with Gasteiger partial charge in [-0.25, -0.2) is 0 Å². The van der Waals surface area contributed by atoms with Gasteiger partial charge in [-0.1, -0.05) is 12.1 Å². The largest absolute Gasteiger partial charge is 0.347 e. The van der Waals surface area contributed by atoms with E-state index in [0.717, 1.165) is 24.1 Å². The summed E-state index contributed by atoms with van der Waals surface area (Å²) in [6.45, 7) is 0.00359. The number of hydrogen-bond acceptors (Lipinski definition) is 3. The van der Waals surface area contributed by atoms with Gasteiger partial charge in [0, 0.05) is 23.4 Å². The summed E-state index contributed by atoms with van der Waals surface area (Å²) >= 11 is 0. The average Bonchev–Trinajstić information content (AvgIpc) is 3.20. The van der Waals surface area contributed by atoms with Crippen molar-refractivity contribution in [1.29, 1.82) is 0 Å². The zero-order valence-corrected chi connectivity index (χ0v) is 11.4. The zero-order valence-electron chi connectivity index (χ0n) is 11.4. The normalized spacial score (nSPS) is 13.7. The maximum absolute atomic E-state index is 11.8. The van der Waals surface area contributed by atoms with E-state index < -0.39 is 0 Å². The van der Waals surface area contributed by atoms with Crippen molar-refractivity contribution in [1.82, 2.24) is 15.5 Å². The number of nitrogens with one attached hydrogen (secondary N) is 3. The van der Waals surface area contributed by atoms with E-state index in [9.17, 15) is 9.59 Å². The van der Waals surface area contributed by atoms with Crippen molar-refractivity contribution in [2.75, 3.05) is 11.9 Å². The lowest BCUT2D eigenvalue weighted by Crippen LogP contribution is -2.33. The Labute approximate surface area is 121 Å². The summed E-state index contributed by atoms with van der Waals surface area (Å²) in [7, 11) is 0. The van der Waals surface area contributed by atoms with E-state index in [1.54, 1.807) is 12.3 Å². The highest BCUT2D eigenvalue weighted by Gasteiger charge is 2.29. The molecule has 0 spiro atoms. The van der Waals surface area contributed by atoms with Gasteiger partial charge in [-0.3, -0.25) is 14.7 Å². The first kappa shape index (κ1) is 13.4. The number of aromatic amines is 1. The Hall–Kier alpha value is -2.63. The van der Waals surface area contributed by atoms with Gasteiger partial charge in [-0.05, 0) is 31.0 Å². The second-order valence-electron chi connectivity index (χ2n) is 5.09. The molecule has 6 heteroatoms. The number of carbonyl (C=O) groups is 2. The molecular formula is C15H16N4O2. The van der Waals surface area contributed by atoms with E-state index in [-0.39, 0.29) is 24.3 Å². The molecule has 3 N–H and O–H groups in total. The summed E-state index contributed by atoms with van der Waals surface area (Å²) in [5, 5.41) is 12.2. The van der Waals surface area contributed by atoms with Crippen molar-refractivity contribution in [2.24, 2.45) is 5.92 Å². The number of hydrogen-bond donors (Lipinski definition) is 3. The second kappa shape index (κ2) is 5.78. The summed E-state index contributed by atoms with van der Waals surface area (Å²) in [6, 6.07) is 9.30. The predicted molar refractivity (Wildman–Crippen MR) is 78.4 cm³/mol. The van der Waals surface area contributed by atoms with Crippen molar-refractivity contribution in [2.45, 2.75) is 12.8 Å². The maximum atomic E-state index is 11.8. The van der Waals surface area contributed by atoms with E-state index in [1.807, 2.05) is 24.3 Å². The van der Waals surface area contributed by atoms with E-state index in [4.69, 9.17) is 0 Å². The van der Waals surface area contributed by atoms with E-state index >= 15 is 0 Å². The molecule has 0 atom stereocenters. The monoisotopic (exact) mass is 284 g/mol. The smallest absolute Gasteiger partial charge is 0.243 e. The summed E-state index contributed by atoms with van der Waals surface area (Å²) in [6.07, 6.45) is 3.54. The SMILES string of the molecule is O=C(CNC(=O)C1CC1)Nc1cccc(-c2ccn[nH]2)c1. The molecule has 6 nitrogen and oxygen atoms in total. The molecule has 2 aromatic rings. The van der Waals surface area contributed by atoms with Gasteiger partial charge in [-0.15, -0.1) is 0 Å². The molecule has 108 valence electrons. The van der Waals surface area contributed by atoms with Crippen LogP contribution < -0.4 is 10.6 Å². The molecule has 0 saturated heterocycles. The Morgan fingerprint density at radius 1 is 1.29 bits per heavy atom. The number of rotatable bonds is 5. The highest BCUT2D eigenvalue weighted by atomic mass is 16.2. The minimum atomic E-state index is -0.231. The third-order valence-corrected chi connectivity index (χ3v) is 3.33. The molecule has 1 heterocycles. The number of anilines is 1. The molecule has 0 radical (unpaired) electrons. The van der Waals surface area contributed by atoms with E-state index in [2.05, 4.69) is 20.8 Å². The van der Waals surface area contributed by atoms with Crippen LogP contribution in [-0.2, 0) is 9.59 Å². The van der Waals surface area contributed by atoms with Crippen LogP contribution in [0.1, 0.15) is 12.8 Å². The first-order valence-electron chi connectivity index (χ1n) is 6.90. The van der Waals surface area contributed by atoms with Crippen LogP contribution in [0.25, 0.3) is 11.3 Å². The molecule has 1 aromatic heterocycles. The Morgan fingerprint density at radius 2 is 2.14 bits per heavy atom. The molecule has 2 amide bonds. The highest BCUT2D eigenvalue weighted by molar-refractivity contribution is 5.95. The fourth-order valence-electron chi connectivity index (χ4n) is 2.04. The molecule has 1 fully saturated rings. The Morgan fingerprint density at radius 3 is 2.86 bits per heavy atom. The van der Waals surface area contributed by atoms with Gasteiger partial charge < -0.3 is 10.6 Å². The van der Waals surface area contributed by atoms with E-state index in [1.165, 1.54) is 0 Å². The van der Waals surface area contributed by atoms with Crippen LogP contribution >= 0.6 is 0 Å². The second-order valence-corrected chi connectivity index (χ2v) is 5.09. The lowest BCUT2D eigenvalue weighted by Gasteiger charge is -2.07. The summed E-state index contributed by atoms with van der Waals surface area (Å²) < 4.78 is 0. The summed E-state index contributed by atoms with van der Waals surface area (Å²) in [5.74, 6) is -0.149. The van der Waals surface area contributed by atoms with Crippen molar-refractivity contribution in [3.8, 4) is 11.3 Å². The molecule has 0 unspecified atom stereocenters. The van der Waals surface area contributed by atoms with Gasteiger partial charge in [0.25, 0.3) is 0 Å². The number of carbonyl (C=O) groups excluding carboxylic acids is 2. The Kier molecular flexibility index (Phi) is 3.68. The molecule has 0 bridgehead atoms. The molecule has 0 aliphatic heterocycles. The average molecular weight is 284 g/mol. The molecule has 1 aliphatic rings. The summed E-state index contributed by atoms with van der Waals surface area (Å²) in [5.41, 5.74) is 2.51. The van der Waals surface area contributed by atoms with Crippen LogP contribution in [0.4, 0.5) is 5.69 Å². The van der Waals surface area contributed by atoms with Crippen molar-refractivity contribution in [3.05, 3.63) is 36.5 Å². The maximum Gasteiger partial charge on any atom is 0.243 e. The third-order valence-electron chi connectivity index (χ3n) is 3.33. The fraction of sp³-hybridized carbons (Fsp3) is 0.267. The fourth-order valence-corrected chi connectivity index (χ4v) is 2.04. The van der Waals surface area contributed by atoms with Crippen LogP contribution in [0.3, 0.4) is 0 Å². The number of aromatic nitrogens is 2. The van der Waals surface area contributed by atoms with Crippen LogP contribution in [0, 0.1) is 5.92 Å². The van der Waals surface area contributed by atoms with Gasteiger partial charge in [0.05, 0.1) is 12.2 Å². The molecule has 21 heavy (non-hydrogen) atoms. The van der Waals surface area contributed by atoms with Crippen LogP contribution in [-0.4, -0.2) is 28.6 Å². The standard InChI is InChI=1S/C15H16N4O2/c20-14(9-16-15(21)10-4-5-10)18-12-3-1-2-11(8-12)13-6-7-17-19-13/h1-3,6-8,10H,4-5,9H2,(H,16,21)(H,17,19)(H,18,20). The first-order chi connectivity index (χ1) is 10.2. The quantitative estimate of drug-likeness (QED) is 0.778. The number of amides is 2. The van der Waals surface area contributed by atoms with Crippen molar-refractivity contribution >= 4 is 17.5 Å². The van der Waals surface area contributed by atoms with Gasteiger partial charge in [0.2, 0.25) is 11.8 Å². The lowest BCUT2D eigenvalue weighted by molar-refractivity contribution is -0.125. The molecular weight excluding hydrogens is 268 g/mol. The first-order valence-corrected chi connectivity index (χ1v) is 6.90. The highest BCUT2D eigenvalue weighted by Crippen LogP contribution is 2.28. The van der Waals surface area contributed by atoms with E-state index in [0.29, 0.717) is 5.69 Å². The molecule has 1 aromatic carbocycles. The Balaban J connectivity index is 1.58. The zero-order chi connectivity index (χ0) is 14.7. The van der Waals surface area contributed by atoms with Crippen molar-refractivity contribution < 1.29 is 9.59 Å². The van der Waals surface area contributed by atoms with Gasteiger partial charge >= 0.3 is 0 Å². The molecule has 3 rings (SSSR count). The topological polar surface area (TPSA) is 86.9 Å². The third kappa shape index (κ3) is 3.47.